The van der Waals surface area contributed by atoms with Crippen molar-refractivity contribution < 1.29 is 14.3 Å². The van der Waals surface area contributed by atoms with E-state index < -0.39 is 0 Å². The molecule has 0 aliphatic rings. The summed E-state index contributed by atoms with van der Waals surface area (Å²) in [6.45, 7) is 2.95. The Balaban J connectivity index is 2.11. The van der Waals surface area contributed by atoms with Crippen LogP contribution < -0.4 is 14.8 Å². The van der Waals surface area contributed by atoms with Crippen LogP contribution in [0.3, 0.4) is 0 Å². The quantitative estimate of drug-likeness (QED) is 0.646. The molecule has 0 aromatic heterocycles. The van der Waals surface area contributed by atoms with Gasteiger partial charge in [0, 0.05) is 17.1 Å². The molecular formula is C19H21Cl2NO3. The maximum absolute atomic E-state index is 12.4. The number of carbonyl (C=O) groups is 1. The third-order valence-electron chi connectivity index (χ3n) is 3.63. The Bertz CT molecular complexity index is 735. The summed E-state index contributed by atoms with van der Waals surface area (Å²) in [5.74, 6) is 0.631. The second-order valence-electron chi connectivity index (χ2n) is 5.47. The first-order chi connectivity index (χ1) is 12.1. The van der Waals surface area contributed by atoms with Crippen LogP contribution in [0.2, 0.25) is 10.0 Å². The number of hydrogen-bond donors (Lipinski definition) is 1. The lowest BCUT2D eigenvalue weighted by Gasteiger charge is -2.14. The van der Waals surface area contributed by atoms with Gasteiger partial charge in [-0.1, -0.05) is 54.7 Å². The van der Waals surface area contributed by atoms with Crippen LogP contribution in [0.4, 0.5) is 0 Å². The van der Waals surface area contributed by atoms with E-state index in [0.29, 0.717) is 40.3 Å². The van der Waals surface area contributed by atoms with Gasteiger partial charge in [-0.25, -0.2) is 0 Å². The maximum atomic E-state index is 12.4. The zero-order valence-electron chi connectivity index (χ0n) is 14.3. The van der Waals surface area contributed by atoms with Crippen LogP contribution in [-0.2, 0) is 6.54 Å². The highest BCUT2D eigenvalue weighted by Crippen LogP contribution is 2.36. The number of unbranched alkanes of at least 4 members (excludes halogenated alkanes) is 1. The maximum Gasteiger partial charge on any atom is 0.251 e. The Labute approximate surface area is 158 Å². The molecule has 2 aromatic carbocycles. The summed E-state index contributed by atoms with van der Waals surface area (Å²) in [6, 6.07) is 10.6. The number of methoxy groups -OCH3 is 1. The number of ether oxygens (including phenoxy) is 2. The SMILES string of the molecule is CCCCOc1c(Cl)cc(C(=O)NCc2ccccc2Cl)cc1OC. The van der Waals surface area contributed by atoms with E-state index in [1.54, 1.807) is 18.2 Å². The normalized spacial score (nSPS) is 10.4. The van der Waals surface area contributed by atoms with E-state index in [2.05, 4.69) is 12.2 Å². The average molecular weight is 382 g/mol. The van der Waals surface area contributed by atoms with Crippen LogP contribution in [0.1, 0.15) is 35.7 Å². The Morgan fingerprint density at radius 2 is 1.92 bits per heavy atom. The molecule has 0 aliphatic heterocycles. The van der Waals surface area contributed by atoms with Crippen LogP contribution in [-0.4, -0.2) is 19.6 Å². The molecule has 0 fully saturated rings. The van der Waals surface area contributed by atoms with Gasteiger partial charge in [0.05, 0.1) is 18.7 Å². The van der Waals surface area contributed by atoms with Crippen LogP contribution in [0, 0.1) is 0 Å². The molecule has 0 aliphatic carbocycles. The van der Waals surface area contributed by atoms with E-state index in [-0.39, 0.29) is 5.91 Å². The summed E-state index contributed by atoms with van der Waals surface area (Å²) >= 11 is 12.4. The predicted molar refractivity (Wildman–Crippen MR) is 101 cm³/mol. The zero-order valence-corrected chi connectivity index (χ0v) is 15.8. The minimum absolute atomic E-state index is 0.264. The smallest absolute Gasteiger partial charge is 0.251 e. The molecule has 1 amide bonds. The molecule has 25 heavy (non-hydrogen) atoms. The van der Waals surface area contributed by atoms with Gasteiger partial charge in [0.15, 0.2) is 11.5 Å². The number of rotatable bonds is 8. The molecule has 0 saturated heterocycles. The third kappa shape index (κ3) is 5.28. The van der Waals surface area contributed by atoms with Crippen molar-refractivity contribution in [3.8, 4) is 11.5 Å². The molecule has 0 radical (unpaired) electrons. The third-order valence-corrected chi connectivity index (χ3v) is 4.28. The number of benzene rings is 2. The molecule has 134 valence electrons. The standard InChI is InChI=1S/C19H21Cl2NO3/c1-3-4-9-25-18-16(21)10-14(11-17(18)24-2)19(23)22-12-13-7-5-6-8-15(13)20/h5-8,10-11H,3-4,9,12H2,1-2H3,(H,22,23). The monoisotopic (exact) mass is 381 g/mol. The molecule has 0 heterocycles. The van der Waals surface area contributed by atoms with Crippen molar-refractivity contribution in [3.63, 3.8) is 0 Å². The van der Waals surface area contributed by atoms with Gasteiger partial charge in [-0.15, -0.1) is 0 Å². The Morgan fingerprint density at radius 1 is 1.16 bits per heavy atom. The first-order valence-electron chi connectivity index (χ1n) is 8.08. The molecule has 0 bridgehead atoms. The van der Waals surface area contributed by atoms with Gasteiger partial charge in [-0.2, -0.15) is 0 Å². The van der Waals surface area contributed by atoms with E-state index in [1.165, 1.54) is 7.11 Å². The molecule has 0 spiro atoms. The number of carbonyl (C=O) groups excluding carboxylic acids is 1. The van der Waals surface area contributed by atoms with Crippen molar-refractivity contribution >= 4 is 29.1 Å². The molecule has 6 heteroatoms. The Hall–Kier alpha value is -1.91. The van der Waals surface area contributed by atoms with Crippen molar-refractivity contribution in [2.45, 2.75) is 26.3 Å². The second kappa shape index (κ2) is 9.54. The minimum Gasteiger partial charge on any atom is -0.493 e. The van der Waals surface area contributed by atoms with E-state index in [0.717, 1.165) is 18.4 Å². The molecular weight excluding hydrogens is 361 g/mol. The van der Waals surface area contributed by atoms with Crippen molar-refractivity contribution in [2.24, 2.45) is 0 Å². The Morgan fingerprint density at radius 3 is 2.60 bits per heavy atom. The van der Waals surface area contributed by atoms with E-state index in [4.69, 9.17) is 32.7 Å². The minimum atomic E-state index is -0.264. The highest BCUT2D eigenvalue weighted by Gasteiger charge is 2.16. The van der Waals surface area contributed by atoms with E-state index in [1.807, 2.05) is 18.2 Å². The van der Waals surface area contributed by atoms with Crippen LogP contribution in [0.15, 0.2) is 36.4 Å². The predicted octanol–water partition coefficient (Wildman–Crippen LogP) is 5.11. The summed E-state index contributed by atoms with van der Waals surface area (Å²) in [5.41, 5.74) is 1.24. The number of amides is 1. The molecule has 2 rings (SSSR count). The molecule has 2 aromatic rings. The fraction of sp³-hybridized carbons (Fsp3) is 0.316. The van der Waals surface area contributed by atoms with Gasteiger partial charge >= 0.3 is 0 Å². The number of hydrogen-bond acceptors (Lipinski definition) is 3. The van der Waals surface area contributed by atoms with E-state index in [9.17, 15) is 4.79 Å². The molecule has 0 atom stereocenters. The van der Waals surface area contributed by atoms with Gasteiger partial charge in [0.1, 0.15) is 0 Å². The van der Waals surface area contributed by atoms with Crippen molar-refractivity contribution in [1.82, 2.24) is 5.32 Å². The topological polar surface area (TPSA) is 47.6 Å². The first kappa shape index (κ1) is 19.4. The zero-order chi connectivity index (χ0) is 18.2. The van der Waals surface area contributed by atoms with Gasteiger partial charge in [-0.05, 0) is 30.2 Å². The van der Waals surface area contributed by atoms with Crippen LogP contribution in [0.25, 0.3) is 0 Å². The van der Waals surface area contributed by atoms with Crippen LogP contribution >= 0.6 is 23.2 Å². The lowest BCUT2D eigenvalue weighted by atomic mass is 10.1. The lowest BCUT2D eigenvalue weighted by Crippen LogP contribution is -2.23. The van der Waals surface area contributed by atoms with Crippen molar-refractivity contribution in [3.05, 3.63) is 57.6 Å². The first-order valence-corrected chi connectivity index (χ1v) is 8.84. The summed E-state index contributed by atoms with van der Waals surface area (Å²) in [5, 5.41) is 3.78. The second-order valence-corrected chi connectivity index (χ2v) is 6.28. The average Bonchev–Trinajstić information content (AvgIpc) is 2.61. The number of halogens is 2. The summed E-state index contributed by atoms with van der Waals surface area (Å²) in [4.78, 5) is 12.4. The van der Waals surface area contributed by atoms with Crippen LogP contribution in [0.5, 0.6) is 11.5 Å². The highest BCUT2D eigenvalue weighted by atomic mass is 35.5. The van der Waals surface area contributed by atoms with Crippen molar-refractivity contribution in [1.29, 1.82) is 0 Å². The van der Waals surface area contributed by atoms with Crippen molar-refractivity contribution in [2.75, 3.05) is 13.7 Å². The molecule has 0 unspecified atom stereocenters. The Kier molecular flexibility index (Phi) is 7.41. The summed E-state index contributed by atoms with van der Waals surface area (Å²) < 4.78 is 11.0. The molecule has 4 nitrogen and oxygen atoms in total. The largest absolute Gasteiger partial charge is 0.493 e. The fourth-order valence-corrected chi connectivity index (χ4v) is 2.70. The highest BCUT2D eigenvalue weighted by molar-refractivity contribution is 6.32. The number of nitrogens with one attached hydrogen (secondary N) is 1. The van der Waals surface area contributed by atoms with Gasteiger partial charge in [-0.3, -0.25) is 4.79 Å². The van der Waals surface area contributed by atoms with E-state index >= 15 is 0 Å². The summed E-state index contributed by atoms with van der Waals surface area (Å²) in [6.07, 6.45) is 1.93. The van der Waals surface area contributed by atoms with Gasteiger partial charge in [0.2, 0.25) is 0 Å². The lowest BCUT2D eigenvalue weighted by molar-refractivity contribution is 0.0950. The van der Waals surface area contributed by atoms with Gasteiger partial charge < -0.3 is 14.8 Å². The molecule has 1 N–H and O–H groups in total. The van der Waals surface area contributed by atoms with Gasteiger partial charge in [0.25, 0.3) is 5.91 Å². The molecule has 0 saturated carbocycles. The summed E-state index contributed by atoms with van der Waals surface area (Å²) in [7, 11) is 1.52. The fourth-order valence-electron chi connectivity index (χ4n) is 2.23.